The zero-order valence-electron chi connectivity index (χ0n) is 10.9. The maximum atomic E-state index is 5.15. The molecule has 17 heavy (non-hydrogen) atoms. The summed E-state index contributed by atoms with van der Waals surface area (Å²) in [5.41, 5.74) is 1.25. The van der Waals surface area contributed by atoms with Gasteiger partial charge in [0.15, 0.2) is 0 Å². The van der Waals surface area contributed by atoms with E-state index in [1.165, 1.54) is 0 Å². The van der Waals surface area contributed by atoms with Crippen molar-refractivity contribution in [2.45, 2.75) is 25.9 Å². The third-order valence-electron chi connectivity index (χ3n) is 3.32. The Hall–Kier alpha value is -1.13. The zero-order valence-corrected chi connectivity index (χ0v) is 10.9. The van der Waals surface area contributed by atoms with Gasteiger partial charge in [-0.1, -0.05) is 6.07 Å². The molecule has 1 fully saturated rings. The van der Waals surface area contributed by atoms with Crippen LogP contribution in [0.25, 0.3) is 0 Å². The van der Waals surface area contributed by atoms with Crippen LogP contribution in [0.4, 0.5) is 0 Å². The number of pyridine rings is 1. The fourth-order valence-electron chi connectivity index (χ4n) is 2.17. The molecule has 1 N–H and O–H groups in total. The minimum Gasteiger partial charge on any atom is -0.481 e. The quantitative estimate of drug-likeness (QED) is 0.856. The molecule has 2 rings (SSSR count). The Morgan fingerprint density at radius 2 is 2.29 bits per heavy atom. The van der Waals surface area contributed by atoms with Crippen molar-refractivity contribution < 1.29 is 4.74 Å². The minimum atomic E-state index is 0.184. The van der Waals surface area contributed by atoms with E-state index >= 15 is 0 Å². The van der Waals surface area contributed by atoms with Gasteiger partial charge in [0, 0.05) is 37.8 Å². The van der Waals surface area contributed by atoms with Crippen molar-refractivity contribution in [2.24, 2.45) is 0 Å². The van der Waals surface area contributed by atoms with Crippen LogP contribution < -0.4 is 10.1 Å². The van der Waals surface area contributed by atoms with E-state index in [-0.39, 0.29) is 5.54 Å². The SMILES string of the molecule is COc1cccc(CN2CCNCC2(C)C)n1. The summed E-state index contributed by atoms with van der Waals surface area (Å²) in [7, 11) is 1.65. The van der Waals surface area contributed by atoms with Gasteiger partial charge >= 0.3 is 0 Å². The van der Waals surface area contributed by atoms with Crippen molar-refractivity contribution >= 4 is 0 Å². The Balaban J connectivity index is 2.08. The number of nitrogens with one attached hydrogen (secondary N) is 1. The van der Waals surface area contributed by atoms with Gasteiger partial charge in [0.05, 0.1) is 12.8 Å². The van der Waals surface area contributed by atoms with Gasteiger partial charge < -0.3 is 10.1 Å². The maximum absolute atomic E-state index is 5.15. The molecule has 1 aliphatic heterocycles. The topological polar surface area (TPSA) is 37.4 Å². The van der Waals surface area contributed by atoms with Crippen molar-refractivity contribution in [2.75, 3.05) is 26.7 Å². The van der Waals surface area contributed by atoms with E-state index in [2.05, 4.69) is 35.1 Å². The van der Waals surface area contributed by atoms with E-state index in [1.54, 1.807) is 7.11 Å². The summed E-state index contributed by atoms with van der Waals surface area (Å²) in [4.78, 5) is 6.93. The van der Waals surface area contributed by atoms with Gasteiger partial charge in [0.2, 0.25) is 5.88 Å². The number of hydrogen-bond donors (Lipinski definition) is 1. The van der Waals surface area contributed by atoms with E-state index in [9.17, 15) is 0 Å². The predicted octanol–water partition coefficient (Wildman–Crippen LogP) is 1.27. The molecule has 0 radical (unpaired) electrons. The molecule has 1 aromatic heterocycles. The molecule has 4 nitrogen and oxygen atoms in total. The van der Waals surface area contributed by atoms with Crippen LogP contribution in [0.5, 0.6) is 5.88 Å². The molecule has 0 aliphatic carbocycles. The summed E-state index contributed by atoms with van der Waals surface area (Å²) in [6.07, 6.45) is 0. The van der Waals surface area contributed by atoms with Crippen molar-refractivity contribution in [3.8, 4) is 5.88 Å². The van der Waals surface area contributed by atoms with E-state index < -0.39 is 0 Å². The van der Waals surface area contributed by atoms with E-state index in [4.69, 9.17) is 4.74 Å². The van der Waals surface area contributed by atoms with Gasteiger partial charge in [-0.3, -0.25) is 4.90 Å². The molecule has 4 heteroatoms. The van der Waals surface area contributed by atoms with Crippen molar-refractivity contribution in [1.82, 2.24) is 15.2 Å². The highest BCUT2D eigenvalue weighted by molar-refractivity contribution is 5.16. The maximum Gasteiger partial charge on any atom is 0.213 e. The predicted molar refractivity (Wildman–Crippen MR) is 68.1 cm³/mol. The number of nitrogens with zero attached hydrogens (tertiary/aromatic N) is 2. The average Bonchev–Trinajstić information content (AvgIpc) is 2.32. The highest BCUT2D eigenvalue weighted by Gasteiger charge is 2.29. The number of rotatable bonds is 3. The Labute approximate surface area is 103 Å². The molecule has 0 atom stereocenters. The Kier molecular flexibility index (Phi) is 3.64. The molecular weight excluding hydrogens is 214 g/mol. The number of ether oxygens (including phenoxy) is 1. The Morgan fingerprint density at radius 3 is 3.00 bits per heavy atom. The van der Waals surface area contributed by atoms with Gasteiger partial charge in [-0.05, 0) is 19.9 Å². The molecule has 0 spiro atoms. The first-order valence-corrected chi connectivity index (χ1v) is 6.07. The lowest BCUT2D eigenvalue weighted by atomic mass is 10.00. The van der Waals surface area contributed by atoms with Crippen LogP contribution in [0, 0.1) is 0 Å². The summed E-state index contributed by atoms with van der Waals surface area (Å²) in [6.45, 7) is 8.54. The van der Waals surface area contributed by atoms with Crippen molar-refractivity contribution in [3.05, 3.63) is 23.9 Å². The van der Waals surface area contributed by atoms with Crippen molar-refractivity contribution in [1.29, 1.82) is 0 Å². The lowest BCUT2D eigenvalue weighted by Crippen LogP contribution is -2.57. The minimum absolute atomic E-state index is 0.184. The lowest BCUT2D eigenvalue weighted by Gasteiger charge is -2.42. The molecule has 0 amide bonds. The fourth-order valence-corrected chi connectivity index (χ4v) is 2.17. The fraction of sp³-hybridized carbons (Fsp3) is 0.615. The van der Waals surface area contributed by atoms with Crippen LogP contribution in [0.15, 0.2) is 18.2 Å². The van der Waals surface area contributed by atoms with Crippen LogP contribution in [0.1, 0.15) is 19.5 Å². The number of aromatic nitrogens is 1. The van der Waals surface area contributed by atoms with Crippen LogP contribution in [-0.4, -0.2) is 42.2 Å². The second kappa shape index (κ2) is 5.02. The molecule has 1 aliphatic rings. The summed E-state index contributed by atoms with van der Waals surface area (Å²) >= 11 is 0. The molecule has 94 valence electrons. The molecule has 1 saturated heterocycles. The van der Waals surface area contributed by atoms with Crippen LogP contribution in [0.2, 0.25) is 0 Å². The summed E-state index contributed by atoms with van der Waals surface area (Å²) in [6, 6.07) is 5.93. The second-order valence-electron chi connectivity index (χ2n) is 5.08. The summed E-state index contributed by atoms with van der Waals surface area (Å²) < 4.78 is 5.15. The Morgan fingerprint density at radius 1 is 1.47 bits per heavy atom. The molecule has 0 aromatic carbocycles. The molecule has 1 aromatic rings. The summed E-state index contributed by atoms with van der Waals surface area (Å²) in [5.74, 6) is 0.690. The van der Waals surface area contributed by atoms with Crippen LogP contribution in [-0.2, 0) is 6.54 Å². The molecule has 0 unspecified atom stereocenters. The van der Waals surface area contributed by atoms with Gasteiger partial charge in [0.25, 0.3) is 0 Å². The Bertz CT molecular complexity index is 379. The third-order valence-corrected chi connectivity index (χ3v) is 3.32. The molecule has 2 heterocycles. The highest BCUT2D eigenvalue weighted by atomic mass is 16.5. The third kappa shape index (κ3) is 2.96. The van der Waals surface area contributed by atoms with Gasteiger partial charge in [-0.25, -0.2) is 4.98 Å². The smallest absolute Gasteiger partial charge is 0.213 e. The first-order chi connectivity index (χ1) is 8.12. The van der Waals surface area contributed by atoms with Gasteiger partial charge in [0.1, 0.15) is 0 Å². The lowest BCUT2D eigenvalue weighted by molar-refractivity contribution is 0.0812. The standard InChI is InChI=1S/C13H21N3O/c1-13(2)10-14-7-8-16(13)9-11-5-4-6-12(15-11)17-3/h4-6,14H,7-10H2,1-3H3. The molecular formula is C13H21N3O. The summed E-state index contributed by atoms with van der Waals surface area (Å²) in [5, 5.41) is 3.43. The first kappa shape index (κ1) is 12.3. The second-order valence-corrected chi connectivity index (χ2v) is 5.08. The molecule has 0 saturated carbocycles. The van der Waals surface area contributed by atoms with E-state index in [1.807, 2.05) is 12.1 Å². The number of piperazine rings is 1. The molecule has 0 bridgehead atoms. The highest BCUT2D eigenvalue weighted by Crippen LogP contribution is 2.19. The average molecular weight is 235 g/mol. The number of hydrogen-bond acceptors (Lipinski definition) is 4. The zero-order chi connectivity index (χ0) is 12.3. The monoisotopic (exact) mass is 235 g/mol. The number of methoxy groups -OCH3 is 1. The first-order valence-electron chi connectivity index (χ1n) is 6.07. The van der Waals surface area contributed by atoms with Gasteiger partial charge in [-0.15, -0.1) is 0 Å². The van der Waals surface area contributed by atoms with Gasteiger partial charge in [-0.2, -0.15) is 0 Å². The van der Waals surface area contributed by atoms with E-state index in [0.29, 0.717) is 5.88 Å². The van der Waals surface area contributed by atoms with Crippen LogP contribution in [0.3, 0.4) is 0 Å². The van der Waals surface area contributed by atoms with Crippen molar-refractivity contribution in [3.63, 3.8) is 0 Å². The van der Waals surface area contributed by atoms with Crippen LogP contribution >= 0.6 is 0 Å². The largest absolute Gasteiger partial charge is 0.481 e. The normalized spacial score (nSPS) is 20.2. The van der Waals surface area contributed by atoms with E-state index in [0.717, 1.165) is 31.9 Å².